The number of aryl methyl sites for hydroxylation is 2. The molecule has 0 spiro atoms. The third kappa shape index (κ3) is 4.82. The smallest absolute Gasteiger partial charge is 0.255 e. The van der Waals surface area contributed by atoms with Crippen LogP contribution in [0.4, 0.5) is 0 Å². The maximum Gasteiger partial charge on any atom is 0.255 e. The molecule has 2 unspecified atom stereocenters. The van der Waals surface area contributed by atoms with Gasteiger partial charge in [-0.2, -0.15) is 0 Å². The normalized spacial score (nSPS) is 13.3. The first-order valence-electron chi connectivity index (χ1n) is 8.53. The molecule has 0 radical (unpaired) electrons. The van der Waals surface area contributed by atoms with Gasteiger partial charge >= 0.3 is 0 Å². The predicted octanol–water partition coefficient (Wildman–Crippen LogP) is 3.01. The Labute approximate surface area is 148 Å². The molecule has 2 rings (SSSR count). The van der Waals surface area contributed by atoms with Crippen LogP contribution in [-0.4, -0.2) is 28.8 Å². The second-order valence-electron chi connectivity index (χ2n) is 6.25. The molecule has 136 valence electrons. The minimum Gasteiger partial charge on any atom is -0.488 e. The van der Waals surface area contributed by atoms with E-state index < -0.39 is 6.10 Å². The van der Waals surface area contributed by atoms with Gasteiger partial charge in [0.05, 0.1) is 22.9 Å². The van der Waals surface area contributed by atoms with Crippen molar-refractivity contribution in [1.82, 2.24) is 10.5 Å². The Morgan fingerprint density at radius 2 is 2.08 bits per heavy atom. The highest BCUT2D eigenvalue weighted by Gasteiger charge is 2.17. The Hall–Kier alpha value is -2.34. The Morgan fingerprint density at radius 3 is 2.72 bits per heavy atom. The summed E-state index contributed by atoms with van der Waals surface area (Å²) in [6.07, 6.45) is 0.290. The van der Waals surface area contributed by atoms with Crippen molar-refractivity contribution >= 4 is 5.91 Å². The minimum absolute atomic E-state index is 0.131. The lowest BCUT2D eigenvalue weighted by Gasteiger charge is -2.18. The van der Waals surface area contributed by atoms with E-state index in [1.165, 1.54) is 0 Å². The van der Waals surface area contributed by atoms with E-state index in [0.29, 0.717) is 17.1 Å². The van der Waals surface area contributed by atoms with E-state index in [1.54, 1.807) is 18.2 Å². The molecule has 1 amide bonds. The number of carbonyl (C=O) groups is 1. The molecule has 0 aliphatic rings. The van der Waals surface area contributed by atoms with Crippen molar-refractivity contribution in [1.29, 1.82) is 0 Å². The zero-order valence-corrected chi connectivity index (χ0v) is 15.2. The highest BCUT2D eigenvalue weighted by atomic mass is 16.5. The lowest BCUT2D eigenvalue weighted by Crippen LogP contribution is -2.35. The monoisotopic (exact) mass is 346 g/mol. The number of aliphatic hydroxyl groups is 1. The highest BCUT2D eigenvalue weighted by Crippen LogP contribution is 2.21. The lowest BCUT2D eigenvalue weighted by atomic mass is 10.0. The molecule has 0 aliphatic carbocycles. The molecule has 2 atom stereocenters. The number of para-hydroxylation sites is 1. The number of nitrogens with one attached hydrogen (secondary N) is 1. The number of rotatable bonds is 8. The van der Waals surface area contributed by atoms with Gasteiger partial charge in [-0.25, -0.2) is 0 Å². The number of ether oxygens (including phenoxy) is 1. The standard InChI is InChI=1S/C19H26N2O4/c1-5-12(2)17(22)10-20-19(23)15-8-6-7-9-18(15)24-11-16-13(3)21-25-14(16)4/h6-9,12,17,22H,5,10-11H2,1-4H3,(H,20,23). The fourth-order valence-corrected chi connectivity index (χ4v) is 2.40. The summed E-state index contributed by atoms with van der Waals surface area (Å²) >= 11 is 0. The van der Waals surface area contributed by atoms with E-state index in [-0.39, 0.29) is 25.0 Å². The van der Waals surface area contributed by atoms with Crippen LogP contribution in [0.3, 0.4) is 0 Å². The Bertz CT molecular complexity index is 692. The summed E-state index contributed by atoms with van der Waals surface area (Å²) in [6, 6.07) is 7.04. The average molecular weight is 346 g/mol. The second kappa shape index (κ2) is 8.67. The molecule has 0 saturated heterocycles. The summed E-state index contributed by atoms with van der Waals surface area (Å²) in [5, 5.41) is 16.7. The number of aromatic nitrogens is 1. The molecule has 6 heteroatoms. The van der Waals surface area contributed by atoms with E-state index in [4.69, 9.17) is 9.26 Å². The third-order valence-corrected chi connectivity index (χ3v) is 4.46. The molecule has 0 bridgehead atoms. The Balaban J connectivity index is 2.03. The van der Waals surface area contributed by atoms with Crippen LogP contribution in [-0.2, 0) is 6.61 Å². The van der Waals surface area contributed by atoms with Gasteiger partial charge in [-0.3, -0.25) is 4.79 Å². The molecular weight excluding hydrogens is 320 g/mol. The summed E-state index contributed by atoms with van der Waals surface area (Å²) in [4.78, 5) is 12.4. The number of nitrogens with zero attached hydrogens (tertiary/aromatic N) is 1. The molecule has 0 saturated carbocycles. The topological polar surface area (TPSA) is 84.6 Å². The van der Waals surface area contributed by atoms with Gasteiger partial charge in [0, 0.05) is 6.54 Å². The molecule has 0 fully saturated rings. The first-order valence-corrected chi connectivity index (χ1v) is 8.53. The average Bonchev–Trinajstić information content (AvgIpc) is 2.95. The maximum absolute atomic E-state index is 12.4. The SMILES string of the molecule is CCC(C)C(O)CNC(=O)c1ccccc1OCc1c(C)noc1C. The van der Waals surface area contributed by atoms with Gasteiger partial charge in [0.2, 0.25) is 0 Å². The van der Waals surface area contributed by atoms with Crippen molar-refractivity contribution in [2.24, 2.45) is 5.92 Å². The molecule has 25 heavy (non-hydrogen) atoms. The Kier molecular flexibility index (Phi) is 6.58. The zero-order valence-electron chi connectivity index (χ0n) is 15.2. The van der Waals surface area contributed by atoms with Gasteiger partial charge in [0.1, 0.15) is 18.1 Å². The summed E-state index contributed by atoms with van der Waals surface area (Å²) in [5.74, 6) is 1.05. The van der Waals surface area contributed by atoms with Gasteiger partial charge in [0.15, 0.2) is 0 Å². The number of hydrogen-bond donors (Lipinski definition) is 2. The number of carbonyl (C=O) groups excluding carboxylic acids is 1. The molecule has 1 heterocycles. The molecule has 0 aliphatic heterocycles. The van der Waals surface area contributed by atoms with Crippen LogP contribution >= 0.6 is 0 Å². The van der Waals surface area contributed by atoms with Gasteiger partial charge in [-0.1, -0.05) is 37.6 Å². The second-order valence-corrected chi connectivity index (χ2v) is 6.25. The highest BCUT2D eigenvalue weighted by molar-refractivity contribution is 5.96. The molecule has 2 N–H and O–H groups in total. The molecular formula is C19H26N2O4. The van der Waals surface area contributed by atoms with Gasteiger partial charge < -0.3 is 19.7 Å². The van der Waals surface area contributed by atoms with Crippen LogP contribution in [0.5, 0.6) is 5.75 Å². The minimum atomic E-state index is -0.565. The number of aliphatic hydroxyl groups excluding tert-OH is 1. The van der Waals surface area contributed by atoms with Crippen LogP contribution in [0.25, 0.3) is 0 Å². The van der Waals surface area contributed by atoms with Crippen molar-refractivity contribution in [2.45, 2.75) is 46.8 Å². The Morgan fingerprint density at radius 1 is 1.36 bits per heavy atom. The van der Waals surface area contributed by atoms with Gasteiger partial charge in [-0.05, 0) is 31.9 Å². The quantitative estimate of drug-likeness (QED) is 0.767. The number of amides is 1. The predicted molar refractivity (Wildman–Crippen MR) is 94.5 cm³/mol. The van der Waals surface area contributed by atoms with Crippen molar-refractivity contribution in [3.8, 4) is 5.75 Å². The van der Waals surface area contributed by atoms with Crippen molar-refractivity contribution in [2.75, 3.05) is 6.54 Å². The van der Waals surface area contributed by atoms with E-state index in [9.17, 15) is 9.90 Å². The summed E-state index contributed by atoms with van der Waals surface area (Å²) in [7, 11) is 0. The fraction of sp³-hybridized carbons (Fsp3) is 0.474. The maximum atomic E-state index is 12.4. The zero-order chi connectivity index (χ0) is 18.4. The number of hydrogen-bond acceptors (Lipinski definition) is 5. The largest absolute Gasteiger partial charge is 0.488 e. The van der Waals surface area contributed by atoms with Crippen molar-refractivity contribution in [3.63, 3.8) is 0 Å². The van der Waals surface area contributed by atoms with Crippen LogP contribution in [0.1, 0.15) is 47.6 Å². The third-order valence-electron chi connectivity index (χ3n) is 4.46. The summed E-state index contributed by atoms with van der Waals surface area (Å²) in [6.45, 7) is 8.13. The van der Waals surface area contributed by atoms with Crippen LogP contribution in [0.2, 0.25) is 0 Å². The van der Waals surface area contributed by atoms with Gasteiger partial charge in [0.25, 0.3) is 5.91 Å². The van der Waals surface area contributed by atoms with Crippen LogP contribution in [0, 0.1) is 19.8 Å². The molecule has 1 aromatic carbocycles. The molecule has 6 nitrogen and oxygen atoms in total. The van der Waals surface area contributed by atoms with Crippen LogP contribution in [0.15, 0.2) is 28.8 Å². The first-order chi connectivity index (χ1) is 11.9. The first kappa shape index (κ1) is 19.0. The van der Waals surface area contributed by atoms with E-state index >= 15 is 0 Å². The number of benzene rings is 1. The molecule has 2 aromatic rings. The van der Waals surface area contributed by atoms with Crippen molar-refractivity contribution in [3.05, 3.63) is 46.8 Å². The van der Waals surface area contributed by atoms with E-state index in [2.05, 4.69) is 10.5 Å². The summed E-state index contributed by atoms with van der Waals surface area (Å²) < 4.78 is 10.9. The lowest BCUT2D eigenvalue weighted by molar-refractivity contribution is 0.0846. The van der Waals surface area contributed by atoms with Crippen molar-refractivity contribution < 1.29 is 19.2 Å². The van der Waals surface area contributed by atoms with Crippen LogP contribution < -0.4 is 10.1 Å². The fourth-order valence-electron chi connectivity index (χ4n) is 2.40. The van der Waals surface area contributed by atoms with Gasteiger partial charge in [-0.15, -0.1) is 0 Å². The van der Waals surface area contributed by atoms with E-state index in [1.807, 2.05) is 33.8 Å². The molecule has 1 aromatic heterocycles. The summed E-state index contributed by atoms with van der Waals surface area (Å²) in [5.41, 5.74) is 2.09. The van der Waals surface area contributed by atoms with E-state index in [0.717, 1.165) is 17.7 Å².